The molecule has 1 N–H and O–H groups in total. The molecule has 0 unspecified atom stereocenters. The summed E-state index contributed by atoms with van der Waals surface area (Å²) in [5.74, 6) is 0.593. The van der Waals surface area contributed by atoms with Gasteiger partial charge in [-0.1, -0.05) is 0 Å². The SMILES string of the molecule is CCOc1ccc(NC(=O)COC(=O)c2ccc(OC(C)C)c(OC)c2)cc1. The molecule has 0 aliphatic carbocycles. The molecule has 7 heteroatoms. The lowest BCUT2D eigenvalue weighted by atomic mass is 10.2. The lowest BCUT2D eigenvalue weighted by Crippen LogP contribution is -2.21. The van der Waals surface area contributed by atoms with Crippen molar-refractivity contribution in [2.24, 2.45) is 0 Å². The predicted molar refractivity (Wildman–Crippen MR) is 105 cm³/mol. The van der Waals surface area contributed by atoms with Crippen LogP contribution in [0, 0.1) is 0 Å². The van der Waals surface area contributed by atoms with E-state index in [0.717, 1.165) is 0 Å². The van der Waals surface area contributed by atoms with Crippen molar-refractivity contribution in [3.8, 4) is 17.2 Å². The number of hydrogen-bond acceptors (Lipinski definition) is 6. The summed E-state index contributed by atoms with van der Waals surface area (Å²) in [6.45, 7) is 5.84. The van der Waals surface area contributed by atoms with E-state index in [1.165, 1.54) is 13.2 Å². The molecule has 2 aromatic rings. The van der Waals surface area contributed by atoms with Crippen LogP contribution in [0.2, 0.25) is 0 Å². The lowest BCUT2D eigenvalue weighted by molar-refractivity contribution is -0.119. The van der Waals surface area contributed by atoms with Crippen LogP contribution in [0.25, 0.3) is 0 Å². The number of benzene rings is 2. The molecule has 0 radical (unpaired) electrons. The fraction of sp³-hybridized carbons (Fsp3) is 0.333. The van der Waals surface area contributed by atoms with E-state index in [-0.39, 0.29) is 11.7 Å². The molecule has 0 bridgehead atoms. The number of carbonyl (C=O) groups is 2. The second-order valence-electron chi connectivity index (χ2n) is 6.11. The first-order chi connectivity index (χ1) is 13.4. The molecule has 0 saturated carbocycles. The minimum absolute atomic E-state index is 0.0296. The Labute approximate surface area is 164 Å². The summed E-state index contributed by atoms with van der Waals surface area (Å²) in [7, 11) is 1.49. The van der Waals surface area contributed by atoms with Crippen LogP contribution < -0.4 is 19.5 Å². The molecule has 0 spiro atoms. The summed E-state index contributed by atoms with van der Waals surface area (Å²) in [4.78, 5) is 24.2. The molecular formula is C21H25NO6. The minimum Gasteiger partial charge on any atom is -0.494 e. The maximum absolute atomic E-state index is 12.2. The van der Waals surface area contributed by atoms with E-state index in [4.69, 9.17) is 18.9 Å². The fourth-order valence-corrected chi connectivity index (χ4v) is 2.36. The van der Waals surface area contributed by atoms with Gasteiger partial charge in [-0.3, -0.25) is 4.79 Å². The van der Waals surface area contributed by atoms with Gasteiger partial charge in [0.15, 0.2) is 18.1 Å². The second-order valence-corrected chi connectivity index (χ2v) is 6.11. The Kier molecular flexibility index (Phi) is 7.68. The number of esters is 1. The largest absolute Gasteiger partial charge is 0.494 e. The van der Waals surface area contributed by atoms with Crippen LogP contribution in [0.5, 0.6) is 17.2 Å². The monoisotopic (exact) mass is 387 g/mol. The standard InChI is InChI=1S/C21H25NO6/c1-5-26-17-9-7-16(8-10-17)22-20(23)13-27-21(24)15-6-11-18(28-14(2)3)19(12-15)25-4/h6-12,14H,5,13H2,1-4H3,(H,22,23). The molecule has 0 saturated heterocycles. The van der Waals surface area contributed by atoms with Crippen molar-refractivity contribution in [3.05, 3.63) is 48.0 Å². The summed E-state index contributed by atoms with van der Waals surface area (Å²) < 4.78 is 21.3. The topological polar surface area (TPSA) is 83.1 Å². The highest BCUT2D eigenvalue weighted by Gasteiger charge is 2.15. The molecular weight excluding hydrogens is 362 g/mol. The van der Waals surface area contributed by atoms with Gasteiger partial charge in [0.25, 0.3) is 5.91 Å². The smallest absolute Gasteiger partial charge is 0.338 e. The Morgan fingerprint density at radius 1 is 1.04 bits per heavy atom. The quantitative estimate of drug-likeness (QED) is 0.661. The highest BCUT2D eigenvalue weighted by Crippen LogP contribution is 2.29. The van der Waals surface area contributed by atoms with Gasteiger partial charge in [0.1, 0.15) is 5.75 Å². The van der Waals surface area contributed by atoms with Gasteiger partial charge in [0, 0.05) is 5.69 Å². The molecule has 2 aromatic carbocycles. The number of carbonyl (C=O) groups excluding carboxylic acids is 2. The normalized spacial score (nSPS) is 10.3. The van der Waals surface area contributed by atoms with E-state index < -0.39 is 18.5 Å². The molecule has 0 aromatic heterocycles. The number of hydrogen-bond donors (Lipinski definition) is 1. The summed E-state index contributed by atoms with van der Waals surface area (Å²) in [6.07, 6.45) is -0.0296. The van der Waals surface area contributed by atoms with Gasteiger partial charge < -0.3 is 24.3 Å². The molecule has 2 rings (SSSR count). The van der Waals surface area contributed by atoms with E-state index in [0.29, 0.717) is 29.5 Å². The number of amides is 1. The molecule has 7 nitrogen and oxygen atoms in total. The Morgan fingerprint density at radius 3 is 2.36 bits per heavy atom. The van der Waals surface area contributed by atoms with Crippen LogP contribution in [-0.4, -0.2) is 38.3 Å². The third kappa shape index (κ3) is 6.19. The molecule has 0 fully saturated rings. The van der Waals surface area contributed by atoms with E-state index in [1.807, 2.05) is 20.8 Å². The first-order valence-corrected chi connectivity index (χ1v) is 8.97. The van der Waals surface area contributed by atoms with Crippen LogP contribution in [0.4, 0.5) is 5.69 Å². The maximum Gasteiger partial charge on any atom is 0.338 e. The van der Waals surface area contributed by atoms with Crippen LogP contribution in [0.1, 0.15) is 31.1 Å². The average molecular weight is 387 g/mol. The first-order valence-electron chi connectivity index (χ1n) is 8.97. The van der Waals surface area contributed by atoms with Crippen molar-refractivity contribution in [2.75, 3.05) is 25.6 Å². The highest BCUT2D eigenvalue weighted by atomic mass is 16.5. The molecule has 28 heavy (non-hydrogen) atoms. The third-order valence-corrected chi connectivity index (χ3v) is 3.55. The first kappa shape index (κ1) is 21.1. The zero-order chi connectivity index (χ0) is 20.5. The third-order valence-electron chi connectivity index (χ3n) is 3.55. The molecule has 0 heterocycles. The van der Waals surface area contributed by atoms with Crippen molar-refractivity contribution < 1.29 is 28.5 Å². The maximum atomic E-state index is 12.2. The molecule has 150 valence electrons. The number of rotatable bonds is 9. The molecule has 0 aliphatic heterocycles. The fourth-order valence-electron chi connectivity index (χ4n) is 2.36. The van der Waals surface area contributed by atoms with Crippen LogP contribution >= 0.6 is 0 Å². The Hall–Kier alpha value is -3.22. The van der Waals surface area contributed by atoms with Crippen LogP contribution in [0.15, 0.2) is 42.5 Å². The Morgan fingerprint density at radius 2 is 1.75 bits per heavy atom. The molecule has 0 aliphatic rings. The second kappa shape index (κ2) is 10.2. The zero-order valence-electron chi connectivity index (χ0n) is 16.5. The van der Waals surface area contributed by atoms with Gasteiger partial charge in [0.2, 0.25) is 0 Å². The Balaban J connectivity index is 1.91. The summed E-state index contributed by atoms with van der Waals surface area (Å²) in [5.41, 5.74) is 0.850. The van der Waals surface area contributed by atoms with E-state index in [9.17, 15) is 9.59 Å². The highest BCUT2D eigenvalue weighted by molar-refractivity contribution is 5.95. The van der Waals surface area contributed by atoms with Crippen molar-refractivity contribution >= 4 is 17.6 Å². The lowest BCUT2D eigenvalue weighted by Gasteiger charge is -2.14. The van der Waals surface area contributed by atoms with Gasteiger partial charge >= 0.3 is 5.97 Å². The van der Waals surface area contributed by atoms with Gasteiger partial charge in [-0.15, -0.1) is 0 Å². The average Bonchev–Trinajstić information content (AvgIpc) is 2.67. The number of anilines is 1. The van der Waals surface area contributed by atoms with Gasteiger partial charge in [0.05, 0.1) is 25.4 Å². The predicted octanol–water partition coefficient (Wildman–Crippen LogP) is 3.68. The van der Waals surface area contributed by atoms with E-state index in [1.54, 1.807) is 36.4 Å². The minimum atomic E-state index is -0.628. The zero-order valence-corrected chi connectivity index (χ0v) is 16.5. The Bertz CT molecular complexity index is 801. The number of ether oxygens (including phenoxy) is 4. The van der Waals surface area contributed by atoms with Crippen molar-refractivity contribution in [2.45, 2.75) is 26.9 Å². The summed E-state index contributed by atoms with van der Waals surface area (Å²) >= 11 is 0. The van der Waals surface area contributed by atoms with Crippen LogP contribution in [0.3, 0.4) is 0 Å². The summed E-state index contributed by atoms with van der Waals surface area (Å²) in [5, 5.41) is 2.65. The van der Waals surface area contributed by atoms with Gasteiger partial charge in [-0.25, -0.2) is 4.79 Å². The number of nitrogens with one attached hydrogen (secondary N) is 1. The van der Waals surface area contributed by atoms with Gasteiger partial charge in [-0.05, 0) is 63.2 Å². The van der Waals surface area contributed by atoms with Gasteiger partial charge in [-0.2, -0.15) is 0 Å². The molecule has 1 amide bonds. The van der Waals surface area contributed by atoms with E-state index >= 15 is 0 Å². The van der Waals surface area contributed by atoms with Crippen LogP contribution in [-0.2, 0) is 9.53 Å². The van der Waals surface area contributed by atoms with E-state index in [2.05, 4.69) is 5.32 Å². The number of methoxy groups -OCH3 is 1. The van der Waals surface area contributed by atoms with Crippen molar-refractivity contribution in [1.29, 1.82) is 0 Å². The van der Waals surface area contributed by atoms with Crippen molar-refractivity contribution in [3.63, 3.8) is 0 Å². The summed E-state index contributed by atoms with van der Waals surface area (Å²) in [6, 6.07) is 11.6. The molecule has 0 atom stereocenters. The van der Waals surface area contributed by atoms with Crippen molar-refractivity contribution in [1.82, 2.24) is 0 Å².